The minimum Gasteiger partial charge on any atom is -0.492 e. The molecule has 5 nitrogen and oxygen atoms in total. The van der Waals surface area contributed by atoms with Crippen molar-refractivity contribution in [3.8, 4) is 5.75 Å². The summed E-state index contributed by atoms with van der Waals surface area (Å²) in [6, 6.07) is 20.6. The number of carbonyl (C=O) groups excluding carboxylic acids is 2. The van der Waals surface area contributed by atoms with E-state index in [0.29, 0.717) is 39.9 Å². The number of hydrogen-bond acceptors (Lipinski definition) is 3. The first-order valence-electron chi connectivity index (χ1n) is 8.77. The van der Waals surface area contributed by atoms with E-state index in [1.807, 2.05) is 19.1 Å². The molecule has 0 saturated heterocycles. The lowest BCUT2D eigenvalue weighted by atomic mass is 10.1. The zero-order chi connectivity index (χ0) is 19.9. The first-order chi connectivity index (χ1) is 13.6. The van der Waals surface area contributed by atoms with Gasteiger partial charge in [-0.15, -0.1) is 0 Å². The number of amides is 2. The van der Waals surface area contributed by atoms with Gasteiger partial charge in [0, 0.05) is 11.1 Å². The van der Waals surface area contributed by atoms with Crippen LogP contribution >= 0.6 is 11.6 Å². The van der Waals surface area contributed by atoms with Crippen molar-refractivity contribution < 1.29 is 14.3 Å². The van der Waals surface area contributed by atoms with Gasteiger partial charge in [-0.25, -0.2) is 0 Å². The Labute approximate surface area is 168 Å². The minimum atomic E-state index is -0.350. The Bertz CT molecular complexity index is 1000. The van der Waals surface area contributed by atoms with Crippen molar-refractivity contribution in [3.63, 3.8) is 0 Å². The number of para-hydroxylation sites is 3. The molecule has 0 aliphatic rings. The summed E-state index contributed by atoms with van der Waals surface area (Å²) < 4.78 is 5.52. The van der Waals surface area contributed by atoms with Crippen LogP contribution in [-0.2, 0) is 0 Å². The van der Waals surface area contributed by atoms with Gasteiger partial charge in [0.05, 0.1) is 23.0 Å². The van der Waals surface area contributed by atoms with Crippen LogP contribution < -0.4 is 15.4 Å². The summed E-state index contributed by atoms with van der Waals surface area (Å²) in [5, 5.41) is 6.01. The predicted octanol–water partition coefficient (Wildman–Crippen LogP) is 5.24. The summed E-state index contributed by atoms with van der Waals surface area (Å²) in [4.78, 5) is 25.2. The summed E-state index contributed by atoms with van der Waals surface area (Å²) in [6.07, 6.45) is 0. The van der Waals surface area contributed by atoms with Crippen LogP contribution in [0.2, 0.25) is 5.02 Å². The molecule has 0 unspecified atom stereocenters. The van der Waals surface area contributed by atoms with Crippen LogP contribution in [0.3, 0.4) is 0 Å². The van der Waals surface area contributed by atoms with Gasteiger partial charge in [-0.05, 0) is 49.4 Å². The molecular weight excluding hydrogens is 376 g/mol. The minimum absolute atomic E-state index is 0.334. The topological polar surface area (TPSA) is 67.4 Å². The second-order valence-corrected chi connectivity index (χ2v) is 6.31. The van der Waals surface area contributed by atoms with Gasteiger partial charge in [-0.3, -0.25) is 9.59 Å². The lowest BCUT2D eigenvalue weighted by Gasteiger charge is -2.12. The van der Waals surface area contributed by atoms with E-state index in [1.165, 1.54) is 6.07 Å². The largest absolute Gasteiger partial charge is 0.492 e. The highest BCUT2D eigenvalue weighted by Crippen LogP contribution is 2.25. The standard InChI is InChI=1S/C22H19ClN2O3/c1-2-28-20-13-6-5-12-19(20)25-22(27)16-9-7-8-15(14-16)21(26)24-18-11-4-3-10-17(18)23/h3-14H,2H2,1H3,(H,24,26)(H,25,27). The fourth-order valence-electron chi connectivity index (χ4n) is 2.60. The summed E-state index contributed by atoms with van der Waals surface area (Å²) in [6.45, 7) is 2.37. The van der Waals surface area contributed by atoms with Crippen molar-refractivity contribution in [3.05, 3.63) is 88.9 Å². The molecular formula is C22H19ClN2O3. The van der Waals surface area contributed by atoms with Crippen molar-refractivity contribution in [1.29, 1.82) is 0 Å². The third-order valence-electron chi connectivity index (χ3n) is 3.94. The van der Waals surface area contributed by atoms with Crippen molar-refractivity contribution in [2.24, 2.45) is 0 Å². The summed E-state index contributed by atoms with van der Waals surface area (Å²) >= 11 is 6.08. The van der Waals surface area contributed by atoms with Crippen LogP contribution in [0.4, 0.5) is 11.4 Å². The van der Waals surface area contributed by atoms with E-state index in [-0.39, 0.29) is 11.8 Å². The predicted molar refractivity (Wildman–Crippen MR) is 111 cm³/mol. The Morgan fingerprint density at radius 1 is 0.821 bits per heavy atom. The molecule has 28 heavy (non-hydrogen) atoms. The molecule has 3 aromatic rings. The van der Waals surface area contributed by atoms with Crippen LogP contribution in [0.1, 0.15) is 27.6 Å². The molecule has 0 heterocycles. The molecule has 0 radical (unpaired) electrons. The fourth-order valence-corrected chi connectivity index (χ4v) is 2.79. The first kappa shape index (κ1) is 19.5. The SMILES string of the molecule is CCOc1ccccc1NC(=O)c1cccc(C(=O)Nc2ccccc2Cl)c1. The van der Waals surface area contributed by atoms with Crippen molar-refractivity contribution in [1.82, 2.24) is 0 Å². The quantitative estimate of drug-likeness (QED) is 0.600. The Morgan fingerprint density at radius 2 is 1.39 bits per heavy atom. The van der Waals surface area contributed by atoms with Gasteiger partial charge in [0.15, 0.2) is 0 Å². The number of nitrogens with one attached hydrogen (secondary N) is 2. The molecule has 0 aliphatic carbocycles. The lowest BCUT2D eigenvalue weighted by molar-refractivity contribution is 0.102. The van der Waals surface area contributed by atoms with Crippen LogP contribution in [0.15, 0.2) is 72.8 Å². The monoisotopic (exact) mass is 394 g/mol. The van der Waals surface area contributed by atoms with E-state index in [2.05, 4.69) is 10.6 Å². The third kappa shape index (κ3) is 4.69. The highest BCUT2D eigenvalue weighted by atomic mass is 35.5. The average Bonchev–Trinajstić information content (AvgIpc) is 2.71. The molecule has 0 atom stereocenters. The van der Waals surface area contributed by atoms with Gasteiger partial charge in [-0.1, -0.05) is 41.9 Å². The molecule has 3 rings (SSSR count). The number of benzene rings is 3. The van der Waals surface area contributed by atoms with Gasteiger partial charge in [0.25, 0.3) is 11.8 Å². The van der Waals surface area contributed by atoms with Crippen molar-refractivity contribution in [2.75, 3.05) is 17.2 Å². The lowest BCUT2D eigenvalue weighted by Crippen LogP contribution is -2.16. The maximum atomic E-state index is 12.6. The molecule has 6 heteroatoms. The third-order valence-corrected chi connectivity index (χ3v) is 4.27. The van der Waals surface area contributed by atoms with Gasteiger partial charge >= 0.3 is 0 Å². The molecule has 0 aromatic heterocycles. The van der Waals surface area contributed by atoms with Gasteiger partial charge in [0.2, 0.25) is 0 Å². The first-order valence-corrected chi connectivity index (χ1v) is 9.15. The fraction of sp³-hybridized carbons (Fsp3) is 0.0909. The van der Waals surface area contributed by atoms with Crippen molar-refractivity contribution >= 4 is 34.8 Å². The maximum absolute atomic E-state index is 12.6. The van der Waals surface area contributed by atoms with Crippen molar-refractivity contribution in [2.45, 2.75) is 6.92 Å². The number of halogens is 1. The highest BCUT2D eigenvalue weighted by molar-refractivity contribution is 6.33. The Kier molecular flexibility index (Phi) is 6.29. The number of rotatable bonds is 6. The van der Waals surface area contributed by atoms with Gasteiger partial charge in [-0.2, -0.15) is 0 Å². The van der Waals surface area contributed by atoms with E-state index in [4.69, 9.17) is 16.3 Å². The Hall–Kier alpha value is -3.31. The molecule has 2 N–H and O–H groups in total. The maximum Gasteiger partial charge on any atom is 0.255 e. The second kappa shape index (κ2) is 9.06. The Balaban J connectivity index is 1.76. The average molecular weight is 395 g/mol. The van der Waals surface area contributed by atoms with E-state index in [9.17, 15) is 9.59 Å². The normalized spacial score (nSPS) is 10.2. The smallest absolute Gasteiger partial charge is 0.255 e. The summed E-state index contributed by atoms with van der Waals surface area (Å²) in [7, 11) is 0. The number of carbonyl (C=O) groups is 2. The molecule has 0 aliphatic heterocycles. The van der Waals surface area contributed by atoms with Gasteiger partial charge in [0.1, 0.15) is 5.75 Å². The molecule has 0 fully saturated rings. The molecule has 0 saturated carbocycles. The number of anilines is 2. The summed E-state index contributed by atoms with van der Waals surface area (Å²) in [5.41, 5.74) is 1.79. The van der Waals surface area contributed by atoms with E-state index >= 15 is 0 Å². The van der Waals surface area contributed by atoms with E-state index in [1.54, 1.807) is 54.6 Å². The zero-order valence-electron chi connectivity index (χ0n) is 15.2. The van der Waals surface area contributed by atoms with Gasteiger partial charge < -0.3 is 15.4 Å². The highest BCUT2D eigenvalue weighted by Gasteiger charge is 2.13. The van der Waals surface area contributed by atoms with Crippen LogP contribution in [0, 0.1) is 0 Å². The summed E-state index contributed by atoms with van der Waals surface area (Å²) in [5.74, 6) is -0.0945. The Morgan fingerprint density at radius 3 is 2.04 bits per heavy atom. The molecule has 0 bridgehead atoms. The zero-order valence-corrected chi connectivity index (χ0v) is 16.0. The van der Waals surface area contributed by atoms with E-state index < -0.39 is 0 Å². The number of ether oxygens (including phenoxy) is 1. The van der Waals surface area contributed by atoms with Crippen LogP contribution in [0.25, 0.3) is 0 Å². The molecule has 0 spiro atoms. The van der Waals surface area contributed by atoms with Crippen LogP contribution in [0.5, 0.6) is 5.75 Å². The second-order valence-electron chi connectivity index (χ2n) is 5.90. The molecule has 142 valence electrons. The van der Waals surface area contributed by atoms with E-state index in [0.717, 1.165) is 0 Å². The molecule has 3 aromatic carbocycles. The van der Waals surface area contributed by atoms with Crippen LogP contribution in [-0.4, -0.2) is 18.4 Å². The number of hydrogen-bond donors (Lipinski definition) is 2. The molecule has 2 amide bonds.